The maximum atomic E-state index is 12.9. The fourth-order valence-corrected chi connectivity index (χ4v) is 3.02. The topological polar surface area (TPSA) is 95.4 Å². The molecule has 2 heterocycles. The largest absolute Gasteiger partial charge is 0.481 e. The van der Waals surface area contributed by atoms with Gasteiger partial charge in [0.15, 0.2) is 0 Å². The predicted octanol–water partition coefficient (Wildman–Crippen LogP) is 1.80. The van der Waals surface area contributed by atoms with Crippen LogP contribution in [0.2, 0.25) is 0 Å². The van der Waals surface area contributed by atoms with Crippen LogP contribution < -0.4 is 5.32 Å². The van der Waals surface area contributed by atoms with Gasteiger partial charge in [-0.25, -0.2) is 14.8 Å². The molecule has 0 radical (unpaired) electrons. The highest BCUT2D eigenvalue weighted by molar-refractivity contribution is 5.77. The smallest absolute Gasteiger partial charge is 0.394 e. The average molecular weight is 372 g/mol. The average Bonchev–Trinajstić information content (AvgIpc) is 3.31. The van der Waals surface area contributed by atoms with E-state index in [1.54, 1.807) is 12.4 Å². The summed E-state index contributed by atoms with van der Waals surface area (Å²) in [6.07, 6.45) is 1.35. The van der Waals surface area contributed by atoms with E-state index < -0.39 is 43.1 Å². The van der Waals surface area contributed by atoms with E-state index in [0.29, 0.717) is 12.3 Å². The summed E-state index contributed by atoms with van der Waals surface area (Å²) in [5.41, 5.74) is 0.813. The summed E-state index contributed by atoms with van der Waals surface area (Å²) in [5, 5.41) is 11.5. The number of hydrogen-bond acceptors (Lipinski definition) is 4. The van der Waals surface area contributed by atoms with Crippen molar-refractivity contribution in [2.45, 2.75) is 31.4 Å². The van der Waals surface area contributed by atoms with Gasteiger partial charge in [0.05, 0.1) is 11.8 Å². The summed E-state index contributed by atoms with van der Waals surface area (Å²) in [4.78, 5) is 32.5. The molecule has 2 aliphatic rings. The van der Waals surface area contributed by atoms with Crippen molar-refractivity contribution in [2.75, 3.05) is 19.6 Å². The Morgan fingerprint density at radius 1 is 1.23 bits per heavy atom. The number of carboxylic acids is 1. The number of nitrogens with one attached hydrogen (secondary N) is 1. The van der Waals surface area contributed by atoms with Crippen molar-refractivity contribution in [2.24, 2.45) is 11.8 Å². The molecule has 1 saturated carbocycles. The van der Waals surface area contributed by atoms with Gasteiger partial charge in [0, 0.05) is 37.9 Å². The molecule has 3 rings (SSSR count). The minimum absolute atomic E-state index is 0.204. The highest BCUT2D eigenvalue weighted by Gasteiger charge is 2.53. The van der Waals surface area contributed by atoms with E-state index in [9.17, 15) is 22.8 Å². The number of carbonyl (C=O) groups is 2. The van der Waals surface area contributed by atoms with Gasteiger partial charge in [-0.2, -0.15) is 13.2 Å². The number of nitrogens with zero attached hydrogens (tertiary/aromatic N) is 3. The first kappa shape index (κ1) is 18.4. The summed E-state index contributed by atoms with van der Waals surface area (Å²) >= 11 is 0. The van der Waals surface area contributed by atoms with Gasteiger partial charge in [0.2, 0.25) is 0 Å². The number of likely N-dealkylation sites (tertiary alicyclic amines) is 1. The molecule has 1 aliphatic carbocycles. The lowest BCUT2D eigenvalue weighted by Gasteiger charge is -2.18. The van der Waals surface area contributed by atoms with Crippen molar-refractivity contribution in [1.82, 2.24) is 20.2 Å². The van der Waals surface area contributed by atoms with Gasteiger partial charge in [0.1, 0.15) is 5.82 Å². The van der Waals surface area contributed by atoms with Crippen LogP contribution in [0, 0.1) is 11.8 Å². The SMILES string of the molecule is O=C(O)[C@@H]1CN(C(=O)NCCc2cnc(C3CC3)nc2)C[C@H]1C(F)(F)F. The van der Waals surface area contributed by atoms with E-state index in [4.69, 9.17) is 5.11 Å². The van der Waals surface area contributed by atoms with Crippen LogP contribution in [0.5, 0.6) is 0 Å². The van der Waals surface area contributed by atoms with E-state index in [-0.39, 0.29) is 6.54 Å². The molecule has 0 unspecified atom stereocenters. The lowest BCUT2D eigenvalue weighted by Crippen LogP contribution is -2.40. The minimum atomic E-state index is -4.65. The van der Waals surface area contributed by atoms with Gasteiger partial charge in [-0.05, 0) is 24.8 Å². The van der Waals surface area contributed by atoms with Crippen molar-refractivity contribution < 1.29 is 27.9 Å². The number of aromatic nitrogens is 2. The van der Waals surface area contributed by atoms with Gasteiger partial charge < -0.3 is 15.3 Å². The van der Waals surface area contributed by atoms with Gasteiger partial charge in [0.25, 0.3) is 0 Å². The summed E-state index contributed by atoms with van der Waals surface area (Å²) in [6.45, 7) is -0.897. The third-order valence-corrected chi connectivity index (χ3v) is 4.70. The predicted molar refractivity (Wildman–Crippen MR) is 83.4 cm³/mol. The molecule has 10 heteroatoms. The van der Waals surface area contributed by atoms with Gasteiger partial charge in [-0.15, -0.1) is 0 Å². The zero-order valence-corrected chi connectivity index (χ0v) is 13.9. The number of aliphatic carboxylic acids is 1. The van der Waals surface area contributed by atoms with Crippen LogP contribution in [0.15, 0.2) is 12.4 Å². The van der Waals surface area contributed by atoms with Crippen LogP contribution in [0.25, 0.3) is 0 Å². The molecule has 0 aromatic carbocycles. The number of hydrogen-bond donors (Lipinski definition) is 2. The molecule has 1 aromatic heterocycles. The Morgan fingerprint density at radius 2 is 1.88 bits per heavy atom. The van der Waals surface area contributed by atoms with Crippen LogP contribution in [0.4, 0.5) is 18.0 Å². The molecule has 142 valence electrons. The number of amides is 2. The van der Waals surface area contributed by atoms with Gasteiger partial charge >= 0.3 is 18.2 Å². The zero-order chi connectivity index (χ0) is 18.9. The maximum absolute atomic E-state index is 12.9. The second kappa shape index (κ2) is 7.08. The van der Waals surface area contributed by atoms with Crippen LogP contribution in [-0.4, -0.2) is 57.8 Å². The Labute approximate surface area is 147 Å². The number of urea groups is 1. The van der Waals surface area contributed by atoms with Crippen molar-refractivity contribution in [3.63, 3.8) is 0 Å². The lowest BCUT2D eigenvalue weighted by atomic mass is 9.96. The Balaban J connectivity index is 1.49. The van der Waals surface area contributed by atoms with Crippen LogP contribution >= 0.6 is 0 Å². The molecule has 2 fully saturated rings. The first-order valence-electron chi connectivity index (χ1n) is 8.39. The monoisotopic (exact) mass is 372 g/mol. The van der Waals surface area contributed by atoms with E-state index in [0.717, 1.165) is 29.1 Å². The van der Waals surface area contributed by atoms with Crippen LogP contribution in [0.3, 0.4) is 0 Å². The molecule has 7 nitrogen and oxygen atoms in total. The number of alkyl halides is 3. The number of rotatable bonds is 5. The van der Waals surface area contributed by atoms with Crippen LogP contribution in [0.1, 0.15) is 30.1 Å². The second-order valence-corrected chi connectivity index (χ2v) is 6.70. The van der Waals surface area contributed by atoms with Crippen molar-refractivity contribution >= 4 is 12.0 Å². The molecular formula is C16H19F3N4O3. The second-order valence-electron chi connectivity index (χ2n) is 6.70. The van der Waals surface area contributed by atoms with Crippen molar-refractivity contribution in [3.05, 3.63) is 23.8 Å². The fraction of sp³-hybridized carbons (Fsp3) is 0.625. The molecule has 1 aromatic rings. The number of carboxylic acid groups (broad SMARTS) is 1. The summed E-state index contributed by atoms with van der Waals surface area (Å²) < 4.78 is 38.8. The quantitative estimate of drug-likeness (QED) is 0.822. The molecule has 26 heavy (non-hydrogen) atoms. The van der Waals surface area contributed by atoms with Crippen molar-refractivity contribution in [1.29, 1.82) is 0 Å². The highest BCUT2D eigenvalue weighted by atomic mass is 19.4. The standard InChI is InChI=1S/C16H19F3N4O3/c17-16(18,19)12-8-23(7-11(12)14(24)25)15(26)20-4-3-9-5-21-13(22-6-9)10-1-2-10/h5-6,10-12H,1-4,7-8H2,(H,20,26)(H,24,25)/t11-,12-/m1/s1. The fourth-order valence-electron chi connectivity index (χ4n) is 3.02. The molecule has 2 amide bonds. The van der Waals surface area contributed by atoms with Gasteiger partial charge in [-0.3, -0.25) is 4.79 Å². The molecule has 2 atom stereocenters. The summed E-state index contributed by atoms with van der Waals surface area (Å²) in [6, 6.07) is -0.696. The molecule has 0 spiro atoms. The number of carbonyl (C=O) groups excluding carboxylic acids is 1. The van der Waals surface area contributed by atoms with E-state index in [2.05, 4.69) is 15.3 Å². The highest BCUT2D eigenvalue weighted by Crippen LogP contribution is 2.38. The van der Waals surface area contributed by atoms with E-state index >= 15 is 0 Å². The minimum Gasteiger partial charge on any atom is -0.481 e. The molecule has 0 bridgehead atoms. The molecule has 2 N–H and O–H groups in total. The van der Waals surface area contributed by atoms with Crippen LogP contribution in [-0.2, 0) is 11.2 Å². The third kappa shape index (κ3) is 4.23. The Bertz CT molecular complexity index is 676. The molecule has 1 saturated heterocycles. The number of halogens is 3. The summed E-state index contributed by atoms with van der Waals surface area (Å²) in [7, 11) is 0. The maximum Gasteiger partial charge on any atom is 0.394 e. The molecule has 1 aliphatic heterocycles. The van der Waals surface area contributed by atoms with E-state index in [1.807, 2.05) is 0 Å². The normalized spacial score (nSPS) is 23.1. The Morgan fingerprint density at radius 3 is 2.38 bits per heavy atom. The van der Waals surface area contributed by atoms with Gasteiger partial charge in [-0.1, -0.05) is 0 Å². The zero-order valence-electron chi connectivity index (χ0n) is 13.9. The first-order chi connectivity index (χ1) is 12.3. The lowest BCUT2D eigenvalue weighted by molar-refractivity contribution is -0.187. The molecular weight excluding hydrogens is 353 g/mol. The first-order valence-corrected chi connectivity index (χ1v) is 8.39. The Hall–Kier alpha value is -2.39. The van der Waals surface area contributed by atoms with Crippen molar-refractivity contribution in [3.8, 4) is 0 Å². The Kier molecular flexibility index (Phi) is 5.01. The summed E-state index contributed by atoms with van der Waals surface area (Å²) in [5.74, 6) is -3.97. The third-order valence-electron chi connectivity index (χ3n) is 4.70. The van der Waals surface area contributed by atoms with E-state index in [1.165, 1.54) is 0 Å².